The normalized spacial score (nSPS) is 19.1. The fourth-order valence-corrected chi connectivity index (χ4v) is 4.63. The number of fused-ring (bicyclic) bond motifs is 1. The van der Waals surface area contributed by atoms with Crippen LogP contribution in [0, 0.1) is 0 Å². The van der Waals surface area contributed by atoms with E-state index in [2.05, 4.69) is 25.8 Å². The highest BCUT2D eigenvalue weighted by Crippen LogP contribution is 2.24. The van der Waals surface area contributed by atoms with Crippen LogP contribution in [0.15, 0.2) is 33.8 Å². The van der Waals surface area contributed by atoms with Crippen molar-refractivity contribution in [3.63, 3.8) is 0 Å². The molecule has 4 rings (SSSR count). The minimum absolute atomic E-state index is 0.0971. The van der Waals surface area contributed by atoms with E-state index in [1.807, 2.05) is 17.0 Å². The smallest absolute Gasteiger partial charge is 0.261 e. The monoisotopic (exact) mass is 432 g/mol. The van der Waals surface area contributed by atoms with Crippen molar-refractivity contribution in [3.05, 3.63) is 39.4 Å². The Bertz CT molecular complexity index is 883. The third-order valence-corrected chi connectivity index (χ3v) is 6.35. The molecule has 1 aliphatic carbocycles. The lowest BCUT2D eigenvalue weighted by Crippen LogP contribution is -2.51. The van der Waals surface area contributed by atoms with Crippen LogP contribution in [0.5, 0.6) is 0 Å². The first-order valence-corrected chi connectivity index (χ1v) is 10.6. The van der Waals surface area contributed by atoms with Gasteiger partial charge in [-0.25, -0.2) is 4.98 Å². The zero-order valence-electron chi connectivity index (χ0n) is 15.4. The molecule has 1 aliphatic heterocycles. The van der Waals surface area contributed by atoms with E-state index >= 15 is 0 Å². The number of piperazine rings is 1. The molecule has 1 aromatic carbocycles. The van der Waals surface area contributed by atoms with Gasteiger partial charge >= 0.3 is 0 Å². The minimum atomic E-state index is -0.0971. The van der Waals surface area contributed by atoms with Crippen molar-refractivity contribution in [1.82, 2.24) is 19.4 Å². The molecule has 0 spiro atoms. The molecule has 0 N–H and O–H groups in total. The van der Waals surface area contributed by atoms with Gasteiger partial charge in [-0.2, -0.15) is 0 Å². The molecule has 7 heteroatoms. The highest BCUT2D eigenvalue weighted by Gasteiger charge is 2.27. The molecule has 2 aliphatic rings. The Morgan fingerprint density at radius 3 is 2.63 bits per heavy atom. The molecule has 144 valence electrons. The van der Waals surface area contributed by atoms with Crippen molar-refractivity contribution >= 4 is 32.7 Å². The summed E-state index contributed by atoms with van der Waals surface area (Å²) in [6.07, 6.45) is 7.18. The molecule has 1 aromatic heterocycles. The summed E-state index contributed by atoms with van der Waals surface area (Å²) in [5, 5.41) is 0.574. The molecule has 2 aromatic rings. The van der Waals surface area contributed by atoms with E-state index in [4.69, 9.17) is 0 Å². The Morgan fingerprint density at radius 2 is 1.89 bits per heavy atom. The predicted octanol–water partition coefficient (Wildman–Crippen LogP) is 2.64. The van der Waals surface area contributed by atoms with Crippen molar-refractivity contribution in [2.75, 3.05) is 26.2 Å². The maximum atomic E-state index is 12.6. The van der Waals surface area contributed by atoms with Gasteiger partial charge in [0, 0.05) is 49.7 Å². The Hall–Kier alpha value is -1.73. The summed E-state index contributed by atoms with van der Waals surface area (Å²) < 4.78 is 2.39. The SMILES string of the molecule is O=C(CCn1cnc2ccc(Br)cc2c1=O)N1CCN(C2CCCC2)CC1. The maximum absolute atomic E-state index is 12.6. The van der Waals surface area contributed by atoms with Gasteiger partial charge in [0.15, 0.2) is 0 Å². The topological polar surface area (TPSA) is 58.4 Å². The second-order valence-electron chi connectivity index (χ2n) is 7.51. The molecular formula is C20H25BrN4O2. The van der Waals surface area contributed by atoms with Gasteiger partial charge in [0.2, 0.25) is 5.91 Å². The molecule has 0 bridgehead atoms. The van der Waals surface area contributed by atoms with E-state index in [0.717, 1.165) is 36.7 Å². The van der Waals surface area contributed by atoms with Gasteiger partial charge in [0.1, 0.15) is 0 Å². The lowest BCUT2D eigenvalue weighted by Gasteiger charge is -2.38. The van der Waals surface area contributed by atoms with E-state index in [1.165, 1.54) is 25.7 Å². The number of aryl methyl sites for hydroxylation is 1. The number of rotatable bonds is 4. The first kappa shape index (κ1) is 18.6. The molecule has 6 nitrogen and oxygen atoms in total. The Morgan fingerprint density at radius 1 is 1.15 bits per heavy atom. The summed E-state index contributed by atoms with van der Waals surface area (Å²) >= 11 is 3.39. The molecule has 1 saturated carbocycles. The summed E-state index contributed by atoms with van der Waals surface area (Å²) in [6, 6.07) is 6.20. The fourth-order valence-electron chi connectivity index (χ4n) is 4.27. The predicted molar refractivity (Wildman–Crippen MR) is 109 cm³/mol. The summed E-state index contributed by atoms with van der Waals surface area (Å²) in [4.78, 5) is 34.1. The largest absolute Gasteiger partial charge is 0.340 e. The number of carbonyl (C=O) groups is 1. The summed E-state index contributed by atoms with van der Waals surface area (Å²) in [5.74, 6) is 0.127. The number of aromatic nitrogens is 2. The molecule has 0 atom stereocenters. The average molecular weight is 433 g/mol. The van der Waals surface area contributed by atoms with Gasteiger partial charge in [-0.05, 0) is 31.0 Å². The van der Waals surface area contributed by atoms with Crippen LogP contribution in [-0.4, -0.2) is 57.5 Å². The van der Waals surface area contributed by atoms with E-state index in [9.17, 15) is 9.59 Å². The second-order valence-corrected chi connectivity index (χ2v) is 8.43. The molecule has 0 radical (unpaired) electrons. The number of hydrogen-bond acceptors (Lipinski definition) is 4. The van der Waals surface area contributed by atoms with Crippen LogP contribution in [0.1, 0.15) is 32.1 Å². The molecule has 0 unspecified atom stereocenters. The number of hydrogen-bond donors (Lipinski definition) is 0. The van der Waals surface area contributed by atoms with Gasteiger partial charge in [-0.1, -0.05) is 28.8 Å². The number of amides is 1. The van der Waals surface area contributed by atoms with Gasteiger partial charge in [0.05, 0.1) is 17.2 Å². The van der Waals surface area contributed by atoms with E-state index < -0.39 is 0 Å². The second kappa shape index (κ2) is 8.10. The fraction of sp³-hybridized carbons (Fsp3) is 0.550. The van der Waals surface area contributed by atoms with Crippen LogP contribution in [0.4, 0.5) is 0 Å². The first-order chi connectivity index (χ1) is 13.1. The number of carbonyl (C=O) groups excluding carboxylic acids is 1. The number of nitrogens with zero attached hydrogens (tertiary/aromatic N) is 4. The summed E-state index contributed by atoms with van der Waals surface area (Å²) in [7, 11) is 0. The number of halogens is 1. The van der Waals surface area contributed by atoms with Crippen molar-refractivity contribution in [1.29, 1.82) is 0 Å². The molecule has 2 fully saturated rings. The van der Waals surface area contributed by atoms with E-state index in [-0.39, 0.29) is 11.5 Å². The summed E-state index contributed by atoms with van der Waals surface area (Å²) in [5.41, 5.74) is 0.578. The average Bonchev–Trinajstić information content (AvgIpc) is 3.23. The van der Waals surface area contributed by atoms with Crippen LogP contribution >= 0.6 is 15.9 Å². The lowest BCUT2D eigenvalue weighted by molar-refractivity contribution is -0.133. The molecule has 2 heterocycles. The van der Waals surface area contributed by atoms with Crippen LogP contribution < -0.4 is 5.56 Å². The number of benzene rings is 1. The van der Waals surface area contributed by atoms with Gasteiger partial charge in [0.25, 0.3) is 5.56 Å². The highest BCUT2D eigenvalue weighted by molar-refractivity contribution is 9.10. The quantitative estimate of drug-likeness (QED) is 0.744. The molecule has 27 heavy (non-hydrogen) atoms. The minimum Gasteiger partial charge on any atom is -0.340 e. The third-order valence-electron chi connectivity index (χ3n) is 5.86. The van der Waals surface area contributed by atoms with Crippen LogP contribution in [0.3, 0.4) is 0 Å². The Kier molecular flexibility index (Phi) is 5.59. The highest BCUT2D eigenvalue weighted by atomic mass is 79.9. The van der Waals surface area contributed by atoms with Crippen LogP contribution in [-0.2, 0) is 11.3 Å². The van der Waals surface area contributed by atoms with E-state index in [1.54, 1.807) is 17.0 Å². The Balaban J connectivity index is 1.35. The zero-order valence-corrected chi connectivity index (χ0v) is 17.0. The van der Waals surface area contributed by atoms with Crippen molar-refractivity contribution in [3.8, 4) is 0 Å². The molecular weight excluding hydrogens is 408 g/mol. The maximum Gasteiger partial charge on any atom is 0.261 e. The van der Waals surface area contributed by atoms with Gasteiger partial charge in [-0.3, -0.25) is 19.1 Å². The first-order valence-electron chi connectivity index (χ1n) is 9.78. The summed E-state index contributed by atoms with van der Waals surface area (Å²) in [6.45, 7) is 3.92. The molecule has 1 amide bonds. The van der Waals surface area contributed by atoms with Crippen LogP contribution in [0.25, 0.3) is 10.9 Å². The van der Waals surface area contributed by atoms with Crippen molar-refractivity contribution < 1.29 is 4.79 Å². The third kappa shape index (κ3) is 4.09. The van der Waals surface area contributed by atoms with Crippen LogP contribution in [0.2, 0.25) is 0 Å². The standard InChI is InChI=1S/C20H25BrN4O2/c21-15-5-6-18-17(13-15)20(27)25(14-22-18)8-7-19(26)24-11-9-23(10-12-24)16-3-1-2-4-16/h5-6,13-14,16H,1-4,7-12H2. The Labute approximate surface area is 167 Å². The van der Waals surface area contributed by atoms with Crippen molar-refractivity contribution in [2.45, 2.75) is 44.7 Å². The molecule has 1 saturated heterocycles. The lowest BCUT2D eigenvalue weighted by atomic mass is 10.1. The van der Waals surface area contributed by atoms with Gasteiger partial charge < -0.3 is 4.90 Å². The van der Waals surface area contributed by atoms with E-state index in [0.29, 0.717) is 23.9 Å². The van der Waals surface area contributed by atoms with Crippen molar-refractivity contribution in [2.24, 2.45) is 0 Å². The zero-order chi connectivity index (χ0) is 18.8. The van der Waals surface area contributed by atoms with Gasteiger partial charge in [-0.15, -0.1) is 0 Å².